The van der Waals surface area contributed by atoms with E-state index in [-0.39, 0.29) is 11.5 Å². The highest BCUT2D eigenvalue weighted by Gasteiger charge is 2.28. The third kappa shape index (κ3) is 4.00. The molecule has 0 aromatic carbocycles. The van der Waals surface area contributed by atoms with Crippen LogP contribution in [0.3, 0.4) is 0 Å². The Morgan fingerprint density at radius 2 is 2.08 bits per heavy atom. The Hall–Kier alpha value is -2.81. The topological polar surface area (TPSA) is 100 Å². The van der Waals surface area contributed by atoms with E-state index in [1.807, 2.05) is 17.0 Å². The molecule has 1 aliphatic rings. The molecule has 1 saturated heterocycles. The molecule has 0 bridgehead atoms. The summed E-state index contributed by atoms with van der Waals surface area (Å²) in [4.78, 5) is 27.8. The van der Waals surface area contributed by atoms with Crippen LogP contribution in [-0.4, -0.2) is 57.5 Å². The van der Waals surface area contributed by atoms with Crippen molar-refractivity contribution in [3.8, 4) is 0 Å². The molecule has 9 heteroatoms. The summed E-state index contributed by atoms with van der Waals surface area (Å²) in [6.45, 7) is 6.68. The molecule has 0 radical (unpaired) electrons. The standard InChI is InChI=1S/C16H21N7O2/c1-2-21-6-8-22(9-7-21)16-14(23(24)25)15(19-12-20-16)18-11-13-4-3-5-17-10-13/h3-5,10,12H,2,6-9,11H2,1H3,(H,18,19,20). The average molecular weight is 343 g/mol. The highest BCUT2D eigenvalue weighted by molar-refractivity contribution is 5.70. The maximum Gasteiger partial charge on any atom is 0.353 e. The number of pyridine rings is 1. The van der Waals surface area contributed by atoms with Crippen molar-refractivity contribution >= 4 is 17.3 Å². The number of nitrogens with one attached hydrogen (secondary N) is 1. The Balaban J connectivity index is 1.81. The predicted octanol–water partition coefficient (Wildman–Crippen LogP) is 1.53. The number of rotatable bonds is 6. The smallest absolute Gasteiger partial charge is 0.353 e. The van der Waals surface area contributed by atoms with E-state index in [1.165, 1.54) is 6.33 Å². The Morgan fingerprint density at radius 1 is 1.28 bits per heavy atom. The summed E-state index contributed by atoms with van der Waals surface area (Å²) >= 11 is 0. The van der Waals surface area contributed by atoms with Gasteiger partial charge in [0, 0.05) is 45.1 Å². The van der Waals surface area contributed by atoms with Gasteiger partial charge in [-0.25, -0.2) is 9.97 Å². The van der Waals surface area contributed by atoms with Crippen LogP contribution in [0.5, 0.6) is 0 Å². The number of nitro groups is 1. The van der Waals surface area contributed by atoms with Gasteiger partial charge in [0.05, 0.1) is 4.92 Å². The van der Waals surface area contributed by atoms with Crippen molar-refractivity contribution in [2.45, 2.75) is 13.5 Å². The van der Waals surface area contributed by atoms with Crippen LogP contribution in [0.4, 0.5) is 17.3 Å². The van der Waals surface area contributed by atoms with Gasteiger partial charge >= 0.3 is 5.69 Å². The number of likely N-dealkylation sites (N-methyl/N-ethyl adjacent to an activating group) is 1. The highest BCUT2D eigenvalue weighted by Crippen LogP contribution is 2.32. The van der Waals surface area contributed by atoms with Crippen LogP contribution in [0.2, 0.25) is 0 Å². The molecular weight excluding hydrogens is 322 g/mol. The second-order valence-electron chi connectivity index (χ2n) is 5.79. The molecule has 0 saturated carbocycles. The molecule has 1 N–H and O–H groups in total. The van der Waals surface area contributed by atoms with Gasteiger partial charge in [-0.1, -0.05) is 13.0 Å². The van der Waals surface area contributed by atoms with Gasteiger partial charge in [-0.2, -0.15) is 0 Å². The van der Waals surface area contributed by atoms with Crippen LogP contribution in [0.1, 0.15) is 12.5 Å². The van der Waals surface area contributed by atoms with Crippen LogP contribution < -0.4 is 10.2 Å². The van der Waals surface area contributed by atoms with Crippen LogP contribution in [0.15, 0.2) is 30.9 Å². The molecular formula is C16H21N7O2. The number of aromatic nitrogens is 3. The lowest BCUT2D eigenvalue weighted by Gasteiger charge is -2.34. The molecule has 0 atom stereocenters. The highest BCUT2D eigenvalue weighted by atomic mass is 16.6. The Bertz CT molecular complexity index is 718. The van der Waals surface area contributed by atoms with Crippen LogP contribution in [0.25, 0.3) is 0 Å². The van der Waals surface area contributed by atoms with Gasteiger partial charge in [0.25, 0.3) is 0 Å². The summed E-state index contributed by atoms with van der Waals surface area (Å²) in [5, 5.41) is 14.7. The molecule has 0 aliphatic carbocycles. The predicted molar refractivity (Wildman–Crippen MR) is 94.6 cm³/mol. The number of hydrogen-bond donors (Lipinski definition) is 1. The van der Waals surface area contributed by atoms with E-state index in [9.17, 15) is 10.1 Å². The van der Waals surface area contributed by atoms with Gasteiger partial charge in [-0.3, -0.25) is 15.1 Å². The normalized spacial score (nSPS) is 15.2. The fourth-order valence-electron chi connectivity index (χ4n) is 2.86. The van der Waals surface area contributed by atoms with E-state index in [1.54, 1.807) is 12.4 Å². The molecule has 3 rings (SSSR count). The molecule has 0 spiro atoms. The third-order valence-corrected chi connectivity index (χ3v) is 4.29. The first-order valence-corrected chi connectivity index (χ1v) is 8.28. The zero-order valence-corrected chi connectivity index (χ0v) is 14.1. The monoisotopic (exact) mass is 343 g/mol. The van der Waals surface area contributed by atoms with Gasteiger partial charge in [-0.15, -0.1) is 0 Å². The molecule has 132 valence electrons. The number of hydrogen-bond acceptors (Lipinski definition) is 8. The van der Waals surface area contributed by atoms with Gasteiger partial charge in [-0.05, 0) is 18.2 Å². The molecule has 2 aromatic rings. The van der Waals surface area contributed by atoms with Crippen molar-refractivity contribution in [2.75, 3.05) is 42.9 Å². The van der Waals surface area contributed by atoms with Gasteiger partial charge < -0.3 is 15.1 Å². The molecule has 2 aromatic heterocycles. The minimum atomic E-state index is -0.410. The van der Waals surface area contributed by atoms with Crippen LogP contribution in [0, 0.1) is 10.1 Å². The fourth-order valence-corrected chi connectivity index (χ4v) is 2.86. The second kappa shape index (κ2) is 7.84. The lowest BCUT2D eigenvalue weighted by molar-refractivity contribution is -0.383. The average Bonchev–Trinajstić information content (AvgIpc) is 2.66. The summed E-state index contributed by atoms with van der Waals surface area (Å²) in [6.07, 6.45) is 4.77. The minimum absolute atomic E-state index is 0.0728. The quantitative estimate of drug-likeness (QED) is 0.622. The third-order valence-electron chi connectivity index (χ3n) is 4.29. The van der Waals surface area contributed by atoms with Gasteiger partial charge in [0.15, 0.2) is 0 Å². The van der Waals surface area contributed by atoms with Gasteiger partial charge in [0.2, 0.25) is 11.6 Å². The number of nitrogens with zero attached hydrogens (tertiary/aromatic N) is 6. The van der Waals surface area contributed by atoms with Crippen molar-refractivity contribution in [1.29, 1.82) is 0 Å². The summed E-state index contributed by atoms with van der Waals surface area (Å²) in [7, 11) is 0. The molecule has 0 unspecified atom stereocenters. The summed E-state index contributed by atoms with van der Waals surface area (Å²) in [6, 6.07) is 3.72. The zero-order chi connectivity index (χ0) is 17.6. The molecule has 0 amide bonds. The van der Waals surface area contributed by atoms with Crippen molar-refractivity contribution in [3.05, 3.63) is 46.5 Å². The molecule has 25 heavy (non-hydrogen) atoms. The van der Waals surface area contributed by atoms with Crippen molar-refractivity contribution in [2.24, 2.45) is 0 Å². The number of piperazine rings is 1. The first kappa shape index (κ1) is 17.0. The summed E-state index contributed by atoms with van der Waals surface area (Å²) in [5.41, 5.74) is 0.852. The molecule has 3 heterocycles. The van der Waals surface area contributed by atoms with Crippen molar-refractivity contribution in [1.82, 2.24) is 19.9 Å². The van der Waals surface area contributed by atoms with E-state index < -0.39 is 4.92 Å². The lowest BCUT2D eigenvalue weighted by atomic mass is 10.2. The number of anilines is 2. The van der Waals surface area contributed by atoms with Crippen molar-refractivity contribution < 1.29 is 4.92 Å². The first-order chi connectivity index (χ1) is 12.2. The summed E-state index contributed by atoms with van der Waals surface area (Å²) in [5.74, 6) is 0.612. The first-order valence-electron chi connectivity index (χ1n) is 8.28. The SMILES string of the molecule is CCN1CCN(c2ncnc(NCc3cccnc3)c2[N+](=O)[O-])CC1. The Morgan fingerprint density at radius 3 is 2.72 bits per heavy atom. The van der Waals surface area contributed by atoms with E-state index >= 15 is 0 Å². The van der Waals surface area contributed by atoms with Gasteiger partial charge in [0.1, 0.15) is 6.33 Å². The van der Waals surface area contributed by atoms with Crippen LogP contribution in [-0.2, 0) is 6.54 Å². The van der Waals surface area contributed by atoms with Crippen LogP contribution >= 0.6 is 0 Å². The van der Waals surface area contributed by atoms with E-state index in [0.29, 0.717) is 25.5 Å². The second-order valence-corrected chi connectivity index (χ2v) is 5.79. The molecule has 1 fully saturated rings. The maximum atomic E-state index is 11.7. The molecule has 9 nitrogen and oxygen atoms in total. The largest absolute Gasteiger partial charge is 0.360 e. The van der Waals surface area contributed by atoms with E-state index in [0.717, 1.165) is 25.2 Å². The van der Waals surface area contributed by atoms with Crippen molar-refractivity contribution in [3.63, 3.8) is 0 Å². The Kier molecular flexibility index (Phi) is 5.34. The fraction of sp³-hybridized carbons (Fsp3) is 0.438. The Labute approximate surface area is 145 Å². The molecule has 1 aliphatic heterocycles. The van der Waals surface area contributed by atoms with E-state index in [2.05, 4.69) is 32.1 Å². The lowest BCUT2D eigenvalue weighted by Crippen LogP contribution is -2.46. The maximum absolute atomic E-state index is 11.7. The summed E-state index contributed by atoms with van der Waals surface area (Å²) < 4.78 is 0. The minimum Gasteiger partial charge on any atom is -0.360 e. The van der Waals surface area contributed by atoms with E-state index in [4.69, 9.17) is 0 Å². The zero-order valence-electron chi connectivity index (χ0n) is 14.1.